The van der Waals surface area contributed by atoms with Gasteiger partial charge in [0.05, 0.1) is 28.5 Å². The van der Waals surface area contributed by atoms with Gasteiger partial charge in [-0.3, -0.25) is 10.1 Å². The van der Waals surface area contributed by atoms with Gasteiger partial charge >= 0.3 is 0 Å². The zero-order valence-electron chi connectivity index (χ0n) is 17.2. The number of aromatic amines is 1. The summed E-state index contributed by atoms with van der Waals surface area (Å²) < 4.78 is 0. The number of nitrogens with one attached hydrogen (secondary N) is 2. The van der Waals surface area contributed by atoms with Crippen LogP contribution < -0.4 is 5.32 Å². The second-order valence-corrected chi connectivity index (χ2v) is 7.23. The van der Waals surface area contributed by atoms with E-state index >= 15 is 0 Å². The number of fused-ring (bicyclic) bond motifs is 1. The molecule has 8 nitrogen and oxygen atoms in total. The Labute approximate surface area is 184 Å². The summed E-state index contributed by atoms with van der Waals surface area (Å²) in [4.78, 5) is 18.5. The molecule has 1 aromatic heterocycles. The number of aliphatic imine (C=N–C) groups is 1. The Hall–Kier alpha value is -4.01. The van der Waals surface area contributed by atoms with Crippen LogP contribution in [0.2, 0.25) is 0 Å². The maximum absolute atomic E-state index is 11.3. The summed E-state index contributed by atoms with van der Waals surface area (Å²) in [6.45, 7) is 1.22. The molecule has 162 valence electrons. The van der Waals surface area contributed by atoms with Crippen molar-refractivity contribution in [3.63, 3.8) is 0 Å². The number of hydrogen-bond donors (Lipinski definition) is 4. The number of aliphatic hydroxyl groups is 1. The predicted octanol–water partition coefficient (Wildman–Crippen LogP) is 4.03. The van der Waals surface area contributed by atoms with Crippen molar-refractivity contribution in [1.82, 2.24) is 10.3 Å². The lowest BCUT2D eigenvalue weighted by Crippen LogP contribution is -2.17. The molecule has 4 rings (SSSR count). The molecule has 0 unspecified atom stereocenters. The number of benzene rings is 3. The van der Waals surface area contributed by atoms with Gasteiger partial charge in [0, 0.05) is 41.7 Å². The van der Waals surface area contributed by atoms with Gasteiger partial charge < -0.3 is 20.5 Å². The Morgan fingerprint density at radius 2 is 1.81 bits per heavy atom. The first kappa shape index (κ1) is 21.2. The molecule has 0 spiro atoms. The van der Waals surface area contributed by atoms with E-state index in [0.717, 1.165) is 11.1 Å². The summed E-state index contributed by atoms with van der Waals surface area (Å²) in [5.74, 6) is -0.104. The van der Waals surface area contributed by atoms with Gasteiger partial charge in [0.15, 0.2) is 5.88 Å². The van der Waals surface area contributed by atoms with E-state index < -0.39 is 4.92 Å². The van der Waals surface area contributed by atoms with Crippen LogP contribution in [0.4, 0.5) is 11.4 Å². The van der Waals surface area contributed by atoms with E-state index in [9.17, 15) is 15.2 Å². The Balaban J connectivity index is 1.82. The number of non-ortho nitro benzene ring substituents is 1. The highest BCUT2D eigenvalue weighted by atomic mass is 16.6. The minimum Gasteiger partial charge on any atom is -0.494 e. The third-order valence-electron chi connectivity index (χ3n) is 5.05. The van der Waals surface area contributed by atoms with Crippen LogP contribution in [0.5, 0.6) is 5.88 Å². The molecule has 0 saturated carbocycles. The fourth-order valence-electron chi connectivity index (χ4n) is 3.51. The quantitative estimate of drug-likeness (QED) is 0.145. The van der Waals surface area contributed by atoms with E-state index in [1.54, 1.807) is 6.07 Å². The monoisotopic (exact) mass is 430 g/mol. The van der Waals surface area contributed by atoms with Gasteiger partial charge in [-0.15, -0.1) is 0 Å². The molecule has 0 aliphatic rings. The second kappa shape index (κ2) is 9.42. The van der Waals surface area contributed by atoms with Gasteiger partial charge in [0.1, 0.15) is 0 Å². The molecule has 3 aromatic carbocycles. The summed E-state index contributed by atoms with van der Waals surface area (Å²) in [5, 5.41) is 34.5. The van der Waals surface area contributed by atoms with E-state index in [0.29, 0.717) is 41.0 Å². The summed E-state index contributed by atoms with van der Waals surface area (Å²) in [6, 6.07) is 21.4. The van der Waals surface area contributed by atoms with Crippen molar-refractivity contribution in [2.24, 2.45) is 4.99 Å². The van der Waals surface area contributed by atoms with Crippen molar-refractivity contribution in [2.75, 3.05) is 13.2 Å². The van der Waals surface area contributed by atoms with Crippen LogP contribution in [-0.4, -0.2) is 39.0 Å². The third-order valence-corrected chi connectivity index (χ3v) is 5.05. The molecule has 32 heavy (non-hydrogen) atoms. The van der Waals surface area contributed by atoms with E-state index in [1.165, 1.54) is 12.1 Å². The molecule has 0 bridgehead atoms. The van der Waals surface area contributed by atoms with Crippen molar-refractivity contribution in [3.05, 3.63) is 99.6 Å². The first-order valence-corrected chi connectivity index (χ1v) is 10.1. The van der Waals surface area contributed by atoms with Gasteiger partial charge in [-0.2, -0.15) is 0 Å². The van der Waals surface area contributed by atoms with Crippen molar-refractivity contribution >= 4 is 28.0 Å². The van der Waals surface area contributed by atoms with E-state index in [-0.39, 0.29) is 18.2 Å². The molecule has 4 aromatic rings. The number of aliphatic hydroxyl groups excluding tert-OH is 1. The highest BCUT2D eigenvalue weighted by Crippen LogP contribution is 2.33. The maximum atomic E-state index is 11.3. The van der Waals surface area contributed by atoms with Crippen LogP contribution >= 0.6 is 0 Å². The number of aromatic nitrogens is 1. The van der Waals surface area contributed by atoms with Crippen molar-refractivity contribution in [3.8, 4) is 5.88 Å². The largest absolute Gasteiger partial charge is 0.494 e. The Bertz CT molecular complexity index is 1260. The van der Waals surface area contributed by atoms with Gasteiger partial charge in [-0.1, -0.05) is 42.5 Å². The highest BCUT2D eigenvalue weighted by molar-refractivity contribution is 6.22. The average molecular weight is 430 g/mol. The zero-order valence-corrected chi connectivity index (χ0v) is 17.2. The second-order valence-electron chi connectivity index (χ2n) is 7.23. The van der Waals surface area contributed by atoms with Crippen LogP contribution in [0.15, 0.2) is 77.8 Å². The summed E-state index contributed by atoms with van der Waals surface area (Å²) in [7, 11) is 0. The van der Waals surface area contributed by atoms with Crippen LogP contribution in [0.25, 0.3) is 10.9 Å². The number of H-pyrrole nitrogens is 1. The maximum Gasteiger partial charge on any atom is 0.270 e. The molecule has 0 atom stereocenters. The van der Waals surface area contributed by atoms with Gasteiger partial charge in [-0.25, -0.2) is 4.99 Å². The number of nitro benzene ring substituents is 1. The minimum atomic E-state index is -0.462. The van der Waals surface area contributed by atoms with Crippen LogP contribution in [0, 0.1) is 10.1 Å². The Morgan fingerprint density at radius 3 is 2.50 bits per heavy atom. The van der Waals surface area contributed by atoms with Gasteiger partial charge in [0.2, 0.25) is 0 Å². The topological polar surface area (TPSA) is 124 Å². The normalized spacial score (nSPS) is 11.7. The molecule has 0 saturated heterocycles. The van der Waals surface area contributed by atoms with Gasteiger partial charge in [0.25, 0.3) is 5.69 Å². The van der Waals surface area contributed by atoms with E-state index in [1.807, 2.05) is 54.6 Å². The van der Waals surface area contributed by atoms with Crippen LogP contribution in [0.3, 0.4) is 0 Å². The lowest BCUT2D eigenvalue weighted by atomic mass is 10.0. The standard InChI is InChI=1S/C24H22N4O4/c29-13-12-25-15-16-6-8-18(9-7-16)26-23(17-4-2-1-3-5-17)22-20-14-19(28(31)32)10-11-21(20)27-24(22)30/h1-11,14,25,27,29-30H,12-13,15H2. The number of rotatable bonds is 8. The number of hydrogen-bond acceptors (Lipinski definition) is 6. The molecule has 0 aliphatic heterocycles. The van der Waals surface area contributed by atoms with Crippen molar-refractivity contribution in [1.29, 1.82) is 0 Å². The first-order chi connectivity index (χ1) is 15.6. The molecule has 8 heteroatoms. The molecular formula is C24H22N4O4. The van der Waals surface area contributed by atoms with Crippen LogP contribution in [-0.2, 0) is 6.54 Å². The molecule has 0 amide bonds. The SMILES string of the molecule is O=[N+]([O-])c1ccc2[nH]c(O)c(C(=Nc3ccc(CNCCO)cc3)c3ccccc3)c2c1. The van der Waals surface area contributed by atoms with E-state index in [4.69, 9.17) is 10.1 Å². The smallest absolute Gasteiger partial charge is 0.270 e. The first-order valence-electron chi connectivity index (χ1n) is 10.1. The fourth-order valence-corrected chi connectivity index (χ4v) is 3.51. The Morgan fingerprint density at radius 1 is 1.06 bits per heavy atom. The summed E-state index contributed by atoms with van der Waals surface area (Å²) >= 11 is 0. The third kappa shape index (κ3) is 4.51. The lowest BCUT2D eigenvalue weighted by molar-refractivity contribution is -0.384. The van der Waals surface area contributed by atoms with Crippen molar-refractivity contribution < 1.29 is 15.1 Å². The molecule has 0 radical (unpaired) electrons. The average Bonchev–Trinajstić information content (AvgIpc) is 3.14. The molecule has 1 heterocycles. The minimum absolute atomic E-state index is 0.0649. The number of nitro groups is 1. The lowest BCUT2D eigenvalue weighted by Gasteiger charge is -2.08. The Kier molecular flexibility index (Phi) is 6.25. The predicted molar refractivity (Wildman–Crippen MR) is 124 cm³/mol. The molecular weight excluding hydrogens is 408 g/mol. The summed E-state index contributed by atoms with van der Waals surface area (Å²) in [5.41, 5.74) is 3.91. The van der Waals surface area contributed by atoms with Gasteiger partial charge in [-0.05, 0) is 23.8 Å². The molecule has 0 fully saturated rings. The zero-order chi connectivity index (χ0) is 22.5. The highest BCUT2D eigenvalue weighted by Gasteiger charge is 2.20. The fraction of sp³-hybridized carbons (Fsp3) is 0.125. The number of nitrogens with zero attached hydrogens (tertiary/aromatic N) is 2. The van der Waals surface area contributed by atoms with E-state index in [2.05, 4.69) is 10.3 Å². The van der Waals surface area contributed by atoms with Crippen molar-refractivity contribution in [2.45, 2.75) is 6.54 Å². The number of aromatic hydroxyl groups is 1. The molecule has 0 aliphatic carbocycles. The van der Waals surface area contributed by atoms with Crippen LogP contribution in [0.1, 0.15) is 16.7 Å². The summed E-state index contributed by atoms with van der Waals surface area (Å²) in [6.07, 6.45) is 0. The molecule has 4 N–H and O–H groups in total.